The number of hydrogen-bond acceptors (Lipinski definition) is 6. The Morgan fingerprint density at radius 2 is 2.00 bits per heavy atom. The highest BCUT2D eigenvalue weighted by molar-refractivity contribution is 6.01. The van der Waals surface area contributed by atoms with Crippen LogP contribution in [0.1, 0.15) is 12.0 Å². The molecular weight excluding hydrogens is 421 g/mol. The van der Waals surface area contributed by atoms with Gasteiger partial charge in [-0.1, -0.05) is 6.07 Å². The minimum atomic E-state index is -4.57. The van der Waals surface area contributed by atoms with Crippen molar-refractivity contribution in [3.8, 4) is 6.07 Å². The average molecular weight is 438 g/mol. The number of hydrogen-bond donors (Lipinski definition) is 2. The number of nitrogens with two attached hydrogens (primary N) is 1. The molecule has 2 fully saturated rings. The van der Waals surface area contributed by atoms with Crippen LogP contribution in [0.15, 0.2) is 48.7 Å². The van der Waals surface area contributed by atoms with Crippen LogP contribution in [-0.4, -0.2) is 35.1 Å². The van der Waals surface area contributed by atoms with Gasteiger partial charge in [-0.25, -0.2) is 4.98 Å². The van der Waals surface area contributed by atoms with Gasteiger partial charge >= 0.3 is 6.18 Å². The highest BCUT2D eigenvalue weighted by Gasteiger charge is 2.86. The van der Waals surface area contributed by atoms with Crippen molar-refractivity contribution in [2.75, 3.05) is 29.0 Å². The highest BCUT2D eigenvalue weighted by atomic mass is 19.4. The summed E-state index contributed by atoms with van der Waals surface area (Å²) in [5, 5.41) is 12.4. The number of nitrogens with zero attached hydrogens (tertiary/aromatic N) is 4. The number of fused-ring (bicyclic) bond motifs is 2. The largest absolute Gasteiger partial charge is 0.397 e. The van der Waals surface area contributed by atoms with E-state index in [4.69, 9.17) is 5.73 Å². The van der Waals surface area contributed by atoms with Crippen molar-refractivity contribution in [2.24, 2.45) is 10.8 Å². The van der Waals surface area contributed by atoms with Gasteiger partial charge in [-0.15, -0.1) is 0 Å². The molecule has 3 heterocycles. The number of aromatic nitrogens is 2. The smallest absolute Gasteiger partial charge is 0.384 e. The van der Waals surface area contributed by atoms with Gasteiger partial charge in [0.15, 0.2) is 0 Å². The Balaban J connectivity index is 1.54. The first-order valence-electron chi connectivity index (χ1n) is 9.84. The first-order chi connectivity index (χ1) is 15.2. The third-order valence-corrected chi connectivity index (χ3v) is 6.51. The SMILES string of the molecule is N#Cc1ccc(N2C[C@]3(C(=O)Nc4cccc(N)n4)C[C@]3(C(F)(F)F)C2)c2cccnc12. The van der Waals surface area contributed by atoms with Gasteiger partial charge in [0.1, 0.15) is 23.1 Å². The lowest BCUT2D eigenvalue weighted by atomic mass is 9.94. The van der Waals surface area contributed by atoms with Gasteiger partial charge < -0.3 is 16.0 Å². The molecule has 7 nitrogen and oxygen atoms in total. The quantitative estimate of drug-likeness (QED) is 0.648. The molecule has 3 N–H and O–H groups in total. The first kappa shape index (κ1) is 20.1. The third-order valence-electron chi connectivity index (χ3n) is 6.51. The van der Waals surface area contributed by atoms with Crippen LogP contribution in [0, 0.1) is 22.2 Å². The van der Waals surface area contributed by atoms with Gasteiger partial charge in [0, 0.05) is 30.4 Å². The van der Waals surface area contributed by atoms with Crippen molar-refractivity contribution in [2.45, 2.75) is 12.6 Å². The standard InChI is InChI=1S/C22H17F3N6O/c23-22(24,25)21-10-20(21,19(32)30-17-5-1-4-16(27)29-17)11-31(12-21)15-7-6-13(9-26)18-14(15)3-2-8-28-18/h1-8H,10-12H2,(H3,27,29,30,32)/t20-,21-/m0/s1. The maximum atomic E-state index is 14.2. The average Bonchev–Trinajstić information content (AvgIpc) is 3.30. The molecule has 0 spiro atoms. The normalized spacial score (nSPS) is 24.1. The topological polar surface area (TPSA) is 108 Å². The molecule has 1 saturated heterocycles. The number of carbonyl (C=O) groups is 1. The van der Waals surface area contributed by atoms with Crippen LogP contribution in [-0.2, 0) is 4.79 Å². The Morgan fingerprint density at radius 1 is 1.19 bits per heavy atom. The summed E-state index contributed by atoms with van der Waals surface area (Å²) in [5.41, 5.74) is 3.08. The number of anilines is 3. The summed E-state index contributed by atoms with van der Waals surface area (Å²) >= 11 is 0. The molecule has 1 aliphatic heterocycles. The minimum Gasteiger partial charge on any atom is -0.384 e. The highest BCUT2D eigenvalue weighted by Crippen LogP contribution is 2.75. The molecule has 5 rings (SSSR count). The molecule has 0 bridgehead atoms. The Labute approximate surface area is 180 Å². The van der Waals surface area contributed by atoms with Crippen molar-refractivity contribution in [1.29, 1.82) is 5.26 Å². The van der Waals surface area contributed by atoms with Crippen molar-refractivity contribution in [1.82, 2.24) is 9.97 Å². The van der Waals surface area contributed by atoms with Crippen molar-refractivity contribution < 1.29 is 18.0 Å². The molecular formula is C22H17F3N6O. The lowest BCUT2D eigenvalue weighted by Gasteiger charge is -2.25. The molecule has 1 amide bonds. The summed E-state index contributed by atoms with van der Waals surface area (Å²) in [6, 6.07) is 13.2. The zero-order chi connectivity index (χ0) is 22.7. The summed E-state index contributed by atoms with van der Waals surface area (Å²) < 4.78 is 42.7. The predicted octanol–water partition coefficient (Wildman–Crippen LogP) is 3.48. The van der Waals surface area contributed by atoms with Crippen LogP contribution >= 0.6 is 0 Å². The van der Waals surface area contributed by atoms with Gasteiger partial charge in [0.25, 0.3) is 0 Å². The number of nitriles is 1. The number of amides is 1. The second kappa shape index (κ2) is 6.56. The number of nitrogens with one attached hydrogen (secondary N) is 1. The second-order valence-corrected chi connectivity index (χ2v) is 8.24. The fourth-order valence-electron chi connectivity index (χ4n) is 4.87. The number of halogens is 3. The zero-order valence-electron chi connectivity index (χ0n) is 16.6. The molecule has 3 aromatic rings. The maximum Gasteiger partial charge on any atom is 0.397 e. The fourth-order valence-corrected chi connectivity index (χ4v) is 4.87. The van der Waals surface area contributed by atoms with Crippen LogP contribution in [0.5, 0.6) is 0 Å². The van der Waals surface area contributed by atoms with E-state index >= 15 is 0 Å². The number of pyridine rings is 2. The summed E-state index contributed by atoms with van der Waals surface area (Å²) in [4.78, 5) is 22.9. The Kier molecular flexibility index (Phi) is 4.11. The maximum absolute atomic E-state index is 14.2. The number of nitrogen functional groups attached to an aromatic ring is 1. The molecule has 2 atom stereocenters. The van der Waals surface area contributed by atoms with E-state index in [0.29, 0.717) is 22.2 Å². The summed E-state index contributed by atoms with van der Waals surface area (Å²) in [6.07, 6.45) is -3.33. The predicted molar refractivity (Wildman–Crippen MR) is 111 cm³/mol. The minimum absolute atomic E-state index is 0.110. The van der Waals surface area contributed by atoms with E-state index in [1.165, 1.54) is 24.4 Å². The summed E-state index contributed by atoms with van der Waals surface area (Å²) in [7, 11) is 0. The molecule has 0 unspecified atom stereocenters. The van der Waals surface area contributed by atoms with Crippen molar-refractivity contribution in [3.63, 3.8) is 0 Å². The van der Waals surface area contributed by atoms with Gasteiger partial charge in [0.2, 0.25) is 5.91 Å². The first-order valence-corrected chi connectivity index (χ1v) is 9.84. The monoisotopic (exact) mass is 438 g/mol. The molecule has 1 aromatic carbocycles. The van der Waals surface area contributed by atoms with E-state index < -0.39 is 22.9 Å². The Bertz CT molecular complexity index is 1300. The molecule has 10 heteroatoms. The van der Waals surface area contributed by atoms with E-state index in [9.17, 15) is 23.2 Å². The van der Waals surface area contributed by atoms with Crippen molar-refractivity contribution >= 4 is 34.1 Å². The summed E-state index contributed by atoms with van der Waals surface area (Å²) in [5.74, 6) is -0.465. The van der Waals surface area contributed by atoms with Crippen LogP contribution in [0.4, 0.5) is 30.5 Å². The number of rotatable bonds is 3. The third kappa shape index (κ3) is 2.70. The van der Waals surface area contributed by atoms with Crippen molar-refractivity contribution in [3.05, 3.63) is 54.2 Å². The zero-order valence-corrected chi connectivity index (χ0v) is 16.6. The van der Waals surface area contributed by atoms with Crippen LogP contribution in [0.2, 0.25) is 0 Å². The van der Waals surface area contributed by atoms with Gasteiger partial charge in [-0.2, -0.15) is 18.4 Å². The Hall–Kier alpha value is -3.87. The van der Waals surface area contributed by atoms with Crippen LogP contribution in [0.25, 0.3) is 10.9 Å². The van der Waals surface area contributed by atoms with E-state index in [0.717, 1.165) is 0 Å². The number of piperidine rings is 1. The Morgan fingerprint density at radius 3 is 2.72 bits per heavy atom. The lowest BCUT2D eigenvalue weighted by Crippen LogP contribution is -2.36. The molecule has 32 heavy (non-hydrogen) atoms. The lowest BCUT2D eigenvalue weighted by molar-refractivity contribution is -0.191. The molecule has 2 aliphatic rings. The van der Waals surface area contributed by atoms with E-state index in [1.807, 2.05) is 0 Å². The fraction of sp³-hybridized carbons (Fsp3) is 0.273. The molecule has 2 aromatic heterocycles. The number of carbonyl (C=O) groups excluding carboxylic acids is 1. The summed E-state index contributed by atoms with van der Waals surface area (Å²) in [6.45, 7) is -0.472. The van der Waals surface area contributed by atoms with Gasteiger partial charge in [-0.05, 0) is 42.8 Å². The second-order valence-electron chi connectivity index (χ2n) is 8.24. The molecule has 1 aliphatic carbocycles. The van der Waals surface area contributed by atoms with Crippen LogP contribution in [0.3, 0.4) is 0 Å². The van der Waals surface area contributed by atoms with Gasteiger partial charge in [-0.3, -0.25) is 9.78 Å². The van der Waals surface area contributed by atoms with Crippen LogP contribution < -0.4 is 16.0 Å². The van der Waals surface area contributed by atoms with E-state index in [-0.39, 0.29) is 31.1 Å². The number of alkyl halides is 3. The van der Waals surface area contributed by atoms with Gasteiger partial charge in [0.05, 0.1) is 16.5 Å². The number of benzene rings is 1. The van der Waals surface area contributed by atoms with E-state index in [2.05, 4.69) is 21.4 Å². The molecule has 0 radical (unpaired) electrons. The molecule has 1 saturated carbocycles. The molecule has 162 valence electrons. The van der Waals surface area contributed by atoms with E-state index in [1.54, 1.807) is 29.2 Å².